The minimum atomic E-state index is -4.52. The van der Waals surface area contributed by atoms with E-state index in [2.05, 4.69) is 10.3 Å². The van der Waals surface area contributed by atoms with Gasteiger partial charge in [-0.15, -0.1) is 0 Å². The fourth-order valence-electron chi connectivity index (χ4n) is 3.26. The van der Waals surface area contributed by atoms with Crippen LogP contribution in [0.3, 0.4) is 0 Å². The standard InChI is InChI=1S/C19H17ClF4N2O2/c1-28-15-6-7-18(21,13-3-2-8-25-16(13)15)17(27)26-10-11-4-5-12(9-14(11)20)19(22,23)24/h2-5,8-9,15H,6-7,10H2,1H3,(H,26,27)/t15-,18-/m0/s1. The summed E-state index contributed by atoms with van der Waals surface area (Å²) < 4.78 is 59.1. The number of rotatable bonds is 4. The first-order chi connectivity index (χ1) is 13.2. The summed E-state index contributed by atoms with van der Waals surface area (Å²) in [5.41, 5.74) is -2.46. The zero-order valence-corrected chi connectivity index (χ0v) is 15.6. The van der Waals surface area contributed by atoms with Crippen LogP contribution >= 0.6 is 11.6 Å². The lowest BCUT2D eigenvalue weighted by molar-refractivity contribution is -0.138. The largest absolute Gasteiger partial charge is 0.416 e. The number of ether oxygens (including phenoxy) is 1. The second-order valence-corrected chi connectivity index (χ2v) is 6.89. The number of carbonyl (C=O) groups excluding carboxylic acids is 1. The topological polar surface area (TPSA) is 51.2 Å². The number of benzene rings is 1. The molecule has 0 saturated heterocycles. The van der Waals surface area contributed by atoms with Crippen molar-refractivity contribution in [1.82, 2.24) is 10.3 Å². The molecule has 28 heavy (non-hydrogen) atoms. The summed E-state index contributed by atoms with van der Waals surface area (Å²) in [5.74, 6) is -0.896. The molecule has 3 rings (SSSR count). The highest BCUT2D eigenvalue weighted by Crippen LogP contribution is 2.43. The second-order valence-electron chi connectivity index (χ2n) is 6.49. The van der Waals surface area contributed by atoms with Crippen molar-refractivity contribution in [3.05, 3.63) is 63.9 Å². The van der Waals surface area contributed by atoms with Crippen molar-refractivity contribution in [1.29, 1.82) is 0 Å². The molecular weight excluding hydrogens is 400 g/mol. The molecule has 150 valence electrons. The van der Waals surface area contributed by atoms with E-state index in [-0.39, 0.29) is 35.5 Å². The number of amides is 1. The van der Waals surface area contributed by atoms with Crippen LogP contribution in [0.4, 0.5) is 17.6 Å². The lowest BCUT2D eigenvalue weighted by Gasteiger charge is -2.33. The second kappa shape index (κ2) is 7.67. The van der Waals surface area contributed by atoms with E-state index in [4.69, 9.17) is 16.3 Å². The number of aromatic nitrogens is 1. The summed E-state index contributed by atoms with van der Waals surface area (Å²) in [6.45, 7) is -0.204. The maximum Gasteiger partial charge on any atom is 0.416 e. The SMILES string of the molecule is CO[C@H]1CC[C@@](F)(C(=O)NCc2ccc(C(F)(F)F)cc2Cl)c2cccnc21. The molecule has 0 saturated carbocycles. The van der Waals surface area contributed by atoms with Crippen molar-refractivity contribution in [3.8, 4) is 0 Å². The first-order valence-electron chi connectivity index (χ1n) is 8.48. The van der Waals surface area contributed by atoms with Crippen LogP contribution in [0.1, 0.15) is 41.3 Å². The lowest BCUT2D eigenvalue weighted by atomic mass is 9.81. The number of nitrogens with zero attached hydrogens (tertiary/aromatic N) is 1. The van der Waals surface area contributed by atoms with Crippen molar-refractivity contribution in [2.75, 3.05) is 7.11 Å². The van der Waals surface area contributed by atoms with Gasteiger partial charge in [0, 0.05) is 30.4 Å². The summed E-state index contributed by atoms with van der Waals surface area (Å²) in [5, 5.41) is 2.27. The predicted octanol–water partition coefficient (Wildman–Crippen LogP) is 4.72. The molecule has 0 fully saturated rings. The summed E-state index contributed by atoms with van der Waals surface area (Å²) >= 11 is 5.89. The number of methoxy groups -OCH3 is 1. The molecule has 9 heteroatoms. The Balaban J connectivity index is 1.78. The Morgan fingerprint density at radius 1 is 1.39 bits per heavy atom. The average Bonchev–Trinajstić information content (AvgIpc) is 2.66. The van der Waals surface area contributed by atoms with Crippen molar-refractivity contribution in [2.24, 2.45) is 0 Å². The summed E-state index contributed by atoms with van der Waals surface area (Å²) in [6.07, 6.45) is -3.26. The Morgan fingerprint density at radius 2 is 2.14 bits per heavy atom. The summed E-state index contributed by atoms with van der Waals surface area (Å²) in [6, 6.07) is 5.82. The van der Waals surface area contributed by atoms with Crippen LogP contribution in [0.5, 0.6) is 0 Å². The fraction of sp³-hybridized carbons (Fsp3) is 0.368. The van der Waals surface area contributed by atoms with Gasteiger partial charge >= 0.3 is 6.18 Å². The van der Waals surface area contributed by atoms with Crippen LogP contribution in [-0.4, -0.2) is 18.0 Å². The molecule has 2 atom stereocenters. The van der Waals surface area contributed by atoms with E-state index in [1.54, 1.807) is 0 Å². The summed E-state index contributed by atoms with van der Waals surface area (Å²) in [4.78, 5) is 16.8. The minimum absolute atomic E-state index is 0.100. The number of halogens is 5. The molecule has 1 heterocycles. The molecule has 1 amide bonds. The lowest BCUT2D eigenvalue weighted by Crippen LogP contribution is -2.44. The number of alkyl halides is 4. The van der Waals surface area contributed by atoms with Crippen molar-refractivity contribution >= 4 is 17.5 Å². The molecule has 1 aromatic heterocycles. The molecule has 0 unspecified atom stereocenters. The van der Waals surface area contributed by atoms with Crippen molar-refractivity contribution < 1.29 is 27.1 Å². The van der Waals surface area contributed by atoms with Crippen LogP contribution in [0.2, 0.25) is 5.02 Å². The zero-order chi connectivity index (χ0) is 20.5. The number of fused-ring (bicyclic) bond motifs is 1. The highest BCUT2D eigenvalue weighted by Gasteiger charge is 2.47. The van der Waals surface area contributed by atoms with Gasteiger partial charge in [-0.2, -0.15) is 13.2 Å². The summed E-state index contributed by atoms with van der Waals surface area (Å²) in [7, 11) is 1.49. The van der Waals surface area contributed by atoms with Crippen molar-refractivity contribution in [3.63, 3.8) is 0 Å². The highest BCUT2D eigenvalue weighted by molar-refractivity contribution is 6.31. The van der Waals surface area contributed by atoms with E-state index < -0.39 is 29.4 Å². The third-order valence-corrected chi connectivity index (χ3v) is 5.14. The molecule has 2 aromatic rings. The van der Waals surface area contributed by atoms with Crippen LogP contribution in [0.25, 0.3) is 0 Å². The molecule has 0 radical (unpaired) electrons. The first-order valence-corrected chi connectivity index (χ1v) is 8.85. The molecule has 0 spiro atoms. The number of hydrogen-bond acceptors (Lipinski definition) is 3. The number of pyridine rings is 1. The Hall–Kier alpha value is -2.19. The van der Waals surface area contributed by atoms with Gasteiger partial charge in [0.05, 0.1) is 17.4 Å². The van der Waals surface area contributed by atoms with Crippen molar-refractivity contribution in [2.45, 2.75) is 37.3 Å². The molecular formula is C19H17ClF4N2O2. The smallest absolute Gasteiger partial charge is 0.375 e. The van der Waals surface area contributed by atoms with E-state index >= 15 is 4.39 Å². The Labute approximate surface area is 163 Å². The monoisotopic (exact) mass is 416 g/mol. The van der Waals surface area contributed by atoms with Gasteiger partial charge in [0.25, 0.3) is 5.91 Å². The van der Waals surface area contributed by atoms with E-state index in [0.29, 0.717) is 5.69 Å². The Morgan fingerprint density at radius 3 is 2.79 bits per heavy atom. The number of carbonyl (C=O) groups is 1. The molecule has 1 N–H and O–H groups in total. The van der Waals surface area contributed by atoms with Gasteiger partial charge in [0.2, 0.25) is 5.67 Å². The van der Waals surface area contributed by atoms with Crippen LogP contribution in [0.15, 0.2) is 36.5 Å². The van der Waals surface area contributed by atoms with Crippen LogP contribution in [0, 0.1) is 0 Å². The maximum atomic E-state index is 15.6. The molecule has 4 nitrogen and oxygen atoms in total. The average molecular weight is 417 g/mol. The van der Waals surface area contributed by atoms with Gasteiger partial charge in [-0.25, -0.2) is 4.39 Å². The van der Waals surface area contributed by atoms with Gasteiger partial charge in [-0.05, 0) is 36.6 Å². The van der Waals surface area contributed by atoms with Gasteiger partial charge < -0.3 is 10.1 Å². The van der Waals surface area contributed by atoms with Gasteiger partial charge in [-0.1, -0.05) is 23.7 Å². The zero-order valence-electron chi connectivity index (χ0n) is 14.8. The third-order valence-electron chi connectivity index (χ3n) is 4.79. The first kappa shape index (κ1) is 20.5. The van der Waals surface area contributed by atoms with Gasteiger partial charge in [0.1, 0.15) is 0 Å². The quantitative estimate of drug-likeness (QED) is 0.734. The normalized spacial score (nSPS) is 21.9. The van der Waals surface area contributed by atoms with Crippen LogP contribution in [-0.2, 0) is 27.9 Å². The molecule has 1 aliphatic rings. The Bertz CT molecular complexity index is 890. The fourth-order valence-corrected chi connectivity index (χ4v) is 3.51. The van der Waals surface area contributed by atoms with E-state index in [1.165, 1.54) is 25.4 Å². The number of hydrogen-bond donors (Lipinski definition) is 1. The van der Waals surface area contributed by atoms with E-state index in [9.17, 15) is 18.0 Å². The molecule has 0 bridgehead atoms. The molecule has 0 aliphatic heterocycles. The maximum absolute atomic E-state index is 15.6. The van der Waals surface area contributed by atoms with E-state index in [0.717, 1.165) is 18.2 Å². The highest BCUT2D eigenvalue weighted by atomic mass is 35.5. The minimum Gasteiger partial charge on any atom is -0.375 e. The molecule has 1 aliphatic carbocycles. The Kier molecular flexibility index (Phi) is 5.63. The predicted molar refractivity (Wildman–Crippen MR) is 94.3 cm³/mol. The van der Waals surface area contributed by atoms with Gasteiger partial charge in [0.15, 0.2) is 0 Å². The third kappa shape index (κ3) is 3.84. The van der Waals surface area contributed by atoms with Gasteiger partial charge in [-0.3, -0.25) is 9.78 Å². The number of nitrogens with one attached hydrogen (secondary N) is 1. The van der Waals surface area contributed by atoms with Crippen LogP contribution < -0.4 is 5.32 Å². The molecule has 1 aromatic carbocycles. The van der Waals surface area contributed by atoms with E-state index in [1.807, 2.05) is 0 Å².